The highest BCUT2D eigenvalue weighted by Crippen LogP contribution is 2.05. The molecule has 1 N–H and O–H groups in total. The van der Waals surface area contributed by atoms with Crippen molar-refractivity contribution in [2.24, 2.45) is 0 Å². The molecule has 80 valence electrons. The van der Waals surface area contributed by atoms with Crippen molar-refractivity contribution in [1.29, 1.82) is 0 Å². The molecule has 2 heterocycles. The SMILES string of the molecule is Cc1cccc(C(=O)NC2CCOC2)n1. The Morgan fingerprint density at radius 3 is 3.13 bits per heavy atom. The monoisotopic (exact) mass is 206 g/mol. The fourth-order valence-corrected chi connectivity index (χ4v) is 1.58. The fraction of sp³-hybridized carbons (Fsp3) is 0.455. The first-order valence-corrected chi connectivity index (χ1v) is 5.08. The lowest BCUT2D eigenvalue weighted by molar-refractivity contribution is 0.0924. The van der Waals surface area contributed by atoms with Crippen LogP contribution in [0, 0.1) is 6.92 Å². The van der Waals surface area contributed by atoms with E-state index in [1.54, 1.807) is 6.07 Å². The molecule has 0 saturated carbocycles. The Kier molecular flexibility index (Phi) is 2.97. The van der Waals surface area contributed by atoms with E-state index in [9.17, 15) is 4.79 Å². The summed E-state index contributed by atoms with van der Waals surface area (Å²) in [5.41, 5.74) is 1.33. The van der Waals surface area contributed by atoms with Crippen molar-refractivity contribution in [3.63, 3.8) is 0 Å². The number of rotatable bonds is 2. The van der Waals surface area contributed by atoms with Crippen LogP contribution in [0.1, 0.15) is 22.6 Å². The second-order valence-electron chi connectivity index (χ2n) is 3.70. The molecule has 1 aromatic heterocycles. The summed E-state index contributed by atoms with van der Waals surface area (Å²) in [6.45, 7) is 3.21. The van der Waals surface area contributed by atoms with Gasteiger partial charge in [0.1, 0.15) is 5.69 Å². The molecular formula is C11H14N2O2. The number of hydrogen-bond acceptors (Lipinski definition) is 3. The second-order valence-corrected chi connectivity index (χ2v) is 3.70. The first kappa shape index (κ1) is 10.1. The van der Waals surface area contributed by atoms with Gasteiger partial charge in [0.15, 0.2) is 0 Å². The van der Waals surface area contributed by atoms with Gasteiger partial charge in [-0.25, -0.2) is 4.98 Å². The highest BCUT2D eigenvalue weighted by atomic mass is 16.5. The maximum absolute atomic E-state index is 11.7. The Labute approximate surface area is 88.7 Å². The molecule has 15 heavy (non-hydrogen) atoms. The first-order valence-electron chi connectivity index (χ1n) is 5.08. The number of aryl methyl sites for hydroxylation is 1. The molecule has 1 fully saturated rings. The molecular weight excluding hydrogens is 192 g/mol. The number of amides is 1. The third-order valence-electron chi connectivity index (χ3n) is 2.39. The van der Waals surface area contributed by atoms with Crippen LogP contribution in [-0.4, -0.2) is 30.1 Å². The highest BCUT2D eigenvalue weighted by molar-refractivity contribution is 5.92. The van der Waals surface area contributed by atoms with Crippen LogP contribution in [0.4, 0.5) is 0 Å². The van der Waals surface area contributed by atoms with E-state index in [2.05, 4.69) is 10.3 Å². The van der Waals surface area contributed by atoms with E-state index in [-0.39, 0.29) is 11.9 Å². The van der Waals surface area contributed by atoms with E-state index in [1.807, 2.05) is 19.1 Å². The lowest BCUT2D eigenvalue weighted by atomic mass is 10.2. The van der Waals surface area contributed by atoms with Gasteiger partial charge in [0, 0.05) is 12.3 Å². The van der Waals surface area contributed by atoms with Gasteiger partial charge in [0.25, 0.3) is 5.91 Å². The van der Waals surface area contributed by atoms with E-state index in [1.165, 1.54) is 0 Å². The predicted molar refractivity (Wildman–Crippen MR) is 55.7 cm³/mol. The summed E-state index contributed by atoms with van der Waals surface area (Å²) in [5.74, 6) is -0.116. The van der Waals surface area contributed by atoms with Gasteiger partial charge in [-0.3, -0.25) is 4.79 Å². The van der Waals surface area contributed by atoms with E-state index in [0.717, 1.165) is 18.7 Å². The maximum atomic E-state index is 11.7. The van der Waals surface area contributed by atoms with Crippen LogP contribution in [0.5, 0.6) is 0 Å². The largest absolute Gasteiger partial charge is 0.379 e. The number of ether oxygens (including phenoxy) is 1. The third kappa shape index (κ3) is 2.53. The minimum absolute atomic E-state index is 0.116. The van der Waals surface area contributed by atoms with E-state index in [4.69, 9.17) is 4.74 Å². The molecule has 1 saturated heterocycles. The average molecular weight is 206 g/mol. The van der Waals surface area contributed by atoms with Gasteiger partial charge in [-0.05, 0) is 25.5 Å². The number of carbonyl (C=O) groups excluding carboxylic acids is 1. The molecule has 1 aliphatic heterocycles. The van der Waals surface area contributed by atoms with Gasteiger partial charge in [-0.15, -0.1) is 0 Å². The second kappa shape index (κ2) is 4.40. The Morgan fingerprint density at radius 2 is 2.47 bits per heavy atom. The molecule has 1 atom stereocenters. The summed E-state index contributed by atoms with van der Waals surface area (Å²) >= 11 is 0. The van der Waals surface area contributed by atoms with Crippen molar-refractivity contribution in [3.05, 3.63) is 29.6 Å². The van der Waals surface area contributed by atoms with Crippen LogP contribution < -0.4 is 5.32 Å². The molecule has 0 radical (unpaired) electrons. The van der Waals surface area contributed by atoms with Crippen molar-refractivity contribution in [3.8, 4) is 0 Å². The molecule has 0 aliphatic carbocycles. The minimum Gasteiger partial charge on any atom is -0.379 e. The van der Waals surface area contributed by atoms with Crippen LogP contribution in [-0.2, 0) is 4.74 Å². The van der Waals surface area contributed by atoms with Gasteiger partial charge in [0.2, 0.25) is 0 Å². The van der Waals surface area contributed by atoms with Gasteiger partial charge in [0.05, 0.1) is 12.6 Å². The molecule has 1 unspecified atom stereocenters. The van der Waals surface area contributed by atoms with Crippen LogP contribution in [0.2, 0.25) is 0 Å². The number of hydrogen-bond donors (Lipinski definition) is 1. The molecule has 4 heteroatoms. The van der Waals surface area contributed by atoms with E-state index >= 15 is 0 Å². The van der Waals surface area contributed by atoms with Crippen molar-refractivity contribution < 1.29 is 9.53 Å². The van der Waals surface area contributed by atoms with Crippen LogP contribution in [0.15, 0.2) is 18.2 Å². The maximum Gasteiger partial charge on any atom is 0.270 e. The number of carbonyl (C=O) groups is 1. The van der Waals surface area contributed by atoms with Crippen LogP contribution >= 0.6 is 0 Å². The zero-order valence-electron chi connectivity index (χ0n) is 8.69. The summed E-state index contributed by atoms with van der Waals surface area (Å²) in [5, 5.41) is 2.90. The van der Waals surface area contributed by atoms with Gasteiger partial charge >= 0.3 is 0 Å². The number of nitrogens with zero attached hydrogens (tertiary/aromatic N) is 1. The Bertz CT molecular complexity index is 359. The van der Waals surface area contributed by atoms with E-state index in [0.29, 0.717) is 12.3 Å². The first-order chi connectivity index (χ1) is 7.25. The Balaban J connectivity index is 2.01. The molecule has 2 rings (SSSR count). The normalized spacial score (nSPS) is 20.2. The summed E-state index contributed by atoms with van der Waals surface area (Å²) in [6.07, 6.45) is 0.886. The fourth-order valence-electron chi connectivity index (χ4n) is 1.58. The number of aromatic nitrogens is 1. The minimum atomic E-state index is -0.116. The summed E-state index contributed by atoms with van der Waals surface area (Å²) in [7, 11) is 0. The van der Waals surface area contributed by atoms with Crippen molar-refractivity contribution in [1.82, 2.24) is 10.3 Å². The average Bonchev–Trinajstić information content (AvgIpc) is 2.70. The number of nitrogens with one attached hydrogen (secondary N) is 1. The van der Waals surface area contributed by atoms with Crippen molar-refractivity contribution in [2.45, 2.75) is 19.4 Å². The van der Waals surface area contributed by atoms with Gasteiger partial charge in [-0.2, -0.15) is 0 Å². The lowest BCUT2D eigenvalue weighted by Gasteiger charge is -2.09. The van der Waals surface area contributed by atoms with Gasteiger partial charge < -0.3 is 10.1 Å². The van der Waals surface area contributed by atoms with Crippen molar-refractivity contribution in [2.75, 3.05) is 13.2 Å². The highest BCUT2D eigenvalue weighted by Gasteiger charge is 2.18. The van der Waals surface area contributed by atoms with Crippen LogP contribution in [0.3, 0.4) is 0 Å². The molecule has 4 nitrogen and oxygen atoms in total. The Morgan fingerprint density at radius 1 is 1.60 bits per heavy atom. The summed E-state index contributed by atoms with van der Waals surface area (Å²) in [6, 6.07) is 5.57. The molecule has 1 amide bonds. The zero-order chi connectivity index (χ0) is 10.7. The molecule has 1 aromatic rings. The zero-order valence-corrected chi connectivity index (χ0v) is 8.69. The molecule has 0 aromatic carbocycles. The smallest absolute Gasteiger partial charge is 0.270 e. The topological polar surface area (TPSA) is 51.2 Å². The molecule has 1 aliphatic rings. The Hall–Kier alpha value is -1.42. The standard InChI is InChI=1S/C11H14N2O2/c1-8-3-2-4-10(12-8)11(14)13-9-5-6-15-7-9/h2-4,9H,5-7H2,1H3,(H,13,14). The molecule has 0 bridgehead atoms. The number of pyridine rings is 1. The third-order valence-corrected chi connectivity index (χ3v) is 2.39. The quantitative estimate of drug-likeness (QED) is 0.782. The summed E-state index contributed by atoms with van der Waals surface area (Å²) < 4.78 is 5.18. The predicted octanol–water partition coefficient (Wildman–Crippen LogP) is 0.909. The summed E-state index contributed by atoms with van der Waals surface area (Å²) in [4.78, 5) is 15.9. The van der Waals surface area contributed by atoms with Gasteiger partial charge in [-0.1, -0.05) is 6.07 Å². The van der Waals surface area contributed by atoms with Crippen molar-refractivity contribution >= 4 is 5.91 Å². The van der Waals surface area contributed by atoms with Crippen LogP contribution in [0.25, 0.3) is 0 Å². The molecule has 0 spiro atoms. The lowest BCUT2D eigenvalue weighted by Crippen LogP contribution is -2.35. The van der Waals surface area contributed by atoms with E-state index < -0.39 is 0 Å².